The van der Waals surface area contributed by atoms with Gasteiger partial charge < -0.3 is 9.73 Å². The fraction of sp³-hybridized carbons (Fsp3) is 0.188. The van der Waals surface area contributed by atoms with Crippen molar-refractivity contribution >= 4 is 23.2 Å². The third-order valence-corrected chi connectivity index (χ3v) is 3.17. The van der Waals surface area contributed by atoms with Crippen molar-refractivity contribution in [2.45, 2.75) is 20.8 Å². The fourth-order valence-corrected chi connectivity index (χ4v) is 1.73. The molecule has 2 amide bonds. The van der Waals surface area contributed by atoms with Crippen molar-refractivity contribution in [3.63, 3.8) is 0 Å². The highest BCUT2D eigenvalue weighted by Crippen LogP contribution is 2.13. The number of hydrogen-bond acceptors (Lipinski definition) is 4. The first-order valence-corrected chi connectivity index (χ1v) is 6.74. The Kier molecular flexibility index (Phi) is 4.73. The van der Waals surface area contributed by atoms with Gasteiger partial charge in [0.2, 0.25) is 0 Å². The molecule has 0 spiro atoms. The van der Waals surface area contributed by atoms with Gasteiger partial charge in [0, 0.05) is 5.69 Å². The van der Waals surface area contributed by atoms with E-state index < -0.39 is 11.8 Å². The van der Waals surface area contributed by atoms with E-state index in [1.54, 1.807) is 31.2 Å². The number of hydrogen-bond donors (Lipinski definition) is 2. The van der Waals surface area contributed by atoms with Crippen LogP contribution in [0.1, 0.15) is 23.8 Å². The van der Waals surface area contributed by atoms with E-state index >= 15 is 0 Å². The number of nitrogens with zero attached hydrogens (tertiary/aromatic N) is 1. The van der Waals surface area contributed by atoms with Gasteiger partial charge in [-0.15, -0.1) is 0 Å². The van der Waals surface area contributed by atoms with Crippen LogP contribution in [0.25, 0.3) is 0 Å². The van der Waals surface area contributed by atoms with E-state index in [1.807, 2.05) is 19.9 Å². The van der Waals surface area contributed by atoms with Gasteiger partial charge in [-0.3, -0.25) is 9.59 Å². The zero-order valence-electron chi connectivity index (χ0n) is 12.6. The lowest BCUT2D eigenvalue weighted by Crippen LogP contribution is -2.32. The summed E-state index contributed by atoms with van der Waals surface area (Å²) >= 11 is 0. The predicted octanol–water partition coefficient (Wildman–Crippen LogP) is 2.38. The largest absolute Gasteiger partial charge is 0.463 e. The summed E-state index contributed by atoms with van der Waals surface area (Å²) in [6.07, 6.45) is 1.50. The summed E-state index contributed by atoms with van der Waals surface area (Å²) in [5.41, 5.74) is 5.37. The number of carbonyl (C=O) groups excluding carboxylic acids is 2. The molecule has 2 rings (SSSR count). The highest BCUT2D eigenvalue weighted by atomic mass is 16.3. The molecule has 0 atom stereocenters. The molecule has 1 aromatic heterocycles. The molecule has 6 nitrogen and oxygen atoms in total. The van der Waals surface area contributed by atoms with Gasteiger partial charge in [0.1, 0.15) is 11.5 Å². The Hall–Kier alpha value is -2.89. The molecule has 0 saturated heterocycles. The molecule has 2 aromatic rings. The monoisotopic (exact) mass is 299 g/mol. The first-order chi connectivity index (χ1) is 10.5. The topological polar surface area (TPSA) is 83.7 Å². The van der Waals surface area contributed by atoms with E-state index in [0.717, 1.165) is 11.1 Å². The average Bonchev–Trinajstić information content (AvgIpc) is 3.02. The van der Waals surface area contributed by atoms with Crippen LogP contribution in [0.3, 0.4) is 0 Å². The van der Waals surface area contributed by atoms with E-state index in [2.05, 4.69) is 15.8 Å². The van der Waals surface area contributed by atoms with Gasteiger partial charge in [-0.1, -0.05) is 6.07 Å². The minimum absolute atomic E-state index is 0.470. The summed E-state index contributed by atoms with van der Waals surface area (Å²) in [7, 11) is 0. The third kappa shape index (κ3) is 3.82. The molecule has 0 radical (unpaired) electrons. The quantitative estimate of drug-likeness (QED) is 0.518. The van der Waals surface area contributed by atoms with E-state index in [-0.39, 0.29) is 0 Å². The molecule has 0 aliphatic carbocycles. The van der Waals surface area contributed by atoms with Crippen LogP contribution < -0.4 is 10.7 Å². The van der Waals surface area contributed by atoms with Crippen molar-refractivity contribution in [3.8, 4) is 0 Å². The molecule has 0 saturated carbocycles. The zero-order chi connectivity index (χ0) is 16.1. The molecule has 22 heavy (non-hydrogen) atoms. The number of amides is 2. The van der Waals surface area contributed by atoms with Crippen molar-refractivity contribution < 1.29 is 14.0 Å². The van der Waals surface area contributed by atoms with Gasteiger partial charge in [-0.05, 0) is 56.2 Å². The van der Waals surface area contributed by atoms with E-state index in [1.165, 1.54) is 6.26 Å². The molecular formula is C16H17N3O3. The minimum atomic E-state index is -0.843. The molecule has 1 aromatic carbocycles. The van der Waals surface area contributed by atoms with Crippen molar-refractivity contribution in [1.29, 1.82) is 0 Å². The van der Waals surface area contributed by atoms with Crippen LogP contribution in [0.5, 0.6) is 0 Å². The van der Waals surface area contributed by atoms with Gasteiger partial charge in [-0.2, -0.15) is 5.10 Å². The number of anilines is 1. The lowest BCUT2D eigenvalue weighted by atomic mass is 10.1. The summed E-state index contributed by atoms with van der Waals surface area (Å²) in [6.45, 7) is 5.57. The van der Waals surface area contributed by atoms with E-state index in [4.69, 9.17) is 4.42 Å². The van der Waals surface area contributed by atoms with Crippen LogP contribution in [0.2, 0.25) is 0 Å². The number of nitrogens with one attached hydrogen (secondary N) is 2. The lowest BCUT2D eigenvalue weighted by molar-refractivity contribution is -0.136. The first-order valence-electron chi connectivity index (χ1n) is 6.74. The molecule has 0 aliphatic rings. The Morgan fingerprint density at radius 3 is 2.50 bits per heavy atom. The number of furan rings is 1. The van der Waals surface area contributed by atoms with Crippen LogP contribution in [0, 0.1) is 13.8 Å². The van der Waals surface area contributed by atoms with Gasteiger partial charge in [0.15, 0.2) is 0 Å². The molecule has 0 fully saturated rings. The van der Waals surface area contributed by atoms with Gasteiger partial charge in [0.25, 0.3) is 0 Å². The second-order valence-corrected chi connectivity index (χ2v) is 4.87. The summed E-state index contributed by atoms with van der Waals surface area (Å²) in [5, 5.41) is 6.35. The SMILES string of the molecule is C/C(=N\NC(=O)C(=O)Nc1ccc(C)c(C)c1)c1ccco1. The lowest BCUT2D eigenvalue weighted by Gasteiger charge is -2.06. The average molecular weight is 299 g/mol. The Bertz CT molecular complexity index is 718. The van der Waals surface area contributed by atoms with E-state index in [0.29, 0.717) is 17.2 Å². The Balaban J connectivity index is 1.96. The van der Waals surface area contributed by atoms with Crippen LogP contribution in [-0.2, 0) is 9.59 Å². The van der Waals surface area contributed by atoms with Crippen molar-refractivity contribution in [2.24, 2.45) is 5.10 Å². The molecule has 114 valence electrons. The van der Waals surface area contributed by atoms with Crippen molar-refractivity contribution in [1.82, 2.24) is 5.43 Å². The summed E-state index contributed by atoms with van der Waals surface area (Å²) in [5.74, 6) is -1.10. The smallest absolute Gasteiger partial charge is 0.329 e. The molecule has 0 aliphatic heterocycles. The fourth-order valence-electron chi connectivity index (χ4n) is 1.73. The standard InChI is InChI=1S/C16H17N3O3/c1-10-6-7-13(9-11(10)2)17-15(20)16(21)19-18-12(3)14-5-4-8-22-14/h4-9H,1-3H3,(H,17,20)(H,19,21)/b18-12+. The van der Waals surface area contributed by atoms with E-state index in [9.17, 15) is 9.59 Å². The van der Waals surface area contributed by atoms with Gasteiger partial charge >= 0.3 is 11.8 Å². The predicted molar refractivity (Wildman–Crippen MR) is 83.6 cm³/mol. The van der Waals surface area contributed by atoms with Gasteiger partial charge in [-0.25, -0.2) is 5.43 Å². The van der Waals surface area contributed by atoms with Crippen LogP contribution in [0.15, 0.2) is 46.1 Å². The highest BCUT2D eigenvalue weighted by molar-refractivity contribution is 6.39. The summed E-state index contributed by atoms with van der Waals surface area (Å²) < 4.78 is 5.13. The first kappa shape index (κ1) is 15.5. The van der Waals surface area contributed by atoms with Crippen LogP contribution >= 0.6 is 0 Å². The molecule has 6 heteroatoms. The number of benzene rings is 1. The number of carbonyl (C=O) groups is 2. The molecule has 0 bridgehead atoms. The normalized spacial score (nSPS) is 11.1. The Morgan fingerprint density at radius 2 is 1.86 bits per heavy atom. The maximum atomic E-state index is 11.8. The van der Waals surface area contributed by atoms with Crippen molar-refractivity contribution in [3.05, 3.63) is 53.5 Å². The maximum Gasteiger partial charge on any atom is 0.329 e. The summed E-state index contributed by atoms with van der Waals surface area (Å²) in [6, 6.07) is 8.84. The summed E-state index contributed by atoms with van der Waals surface area (Å²) in [4.78, 5) is 23.5. The number of hydrazone groups is 1. The number of aryl methyl sites for hydroxylation is 2. The molecule has 0 unspecified atom stereocenters. The zero-order valence-corrected chi connectivity index (χ0v) is 12.6. The Labute approximate surface area is 128 Å². The van der Waals surface area contributed by atoms with Crippen LogP contribution in [-0.4, -0.2) is 17.5 Å². The minimum Gasteiger partial charge on any atom is -0.463 e. The maximum absolute atomic E-state index is 11.8. The van der Waals surface area contributed by atoms with Crippen molar-refractivity contribution in [2.75, 3.05) is 5.32 Å². The van der Waals surface area contributed by atoms with Crippen LogP contribution in [0.4, 0.5) is 5.69 Å². The third-order valence-electron chi connectivity index (χ3n) is 3.17. The Morgan fingerprint density at radius 1 is 1.09 bits per heavy atom. The molecule has 1 heterocycles. The molecule has 2 N–H and O–H groups in total. The number of rotatable bonds is 3. The second-order valence-electron chi connectivity index (χ2n) is 4.87. The second kappa shape index (κ2) is 6.71. The van der Waals surface area contributed by atoms with Gasteiger partial charge in [0.05, 0.1) is 6.26 Å². The highest BCUT2D eigenvalue weighted by Gasteiger charge is 2.13. The molecular weight excluding hydrogens is 282 g/mol.